The maximum Gasteiger partial charge on any atom is 0.165 e. The van der Waals surface area contributed by atoms with Gasteiger partial charge in [0.05, 0.1) is 6.61 Å². The number of benzene rings is 3. The van der Waals surface area contributed by atoms with Gasteiger partial charge >= 0.3 is 0 Å². The summed E-state index contributed by atoms with van der Waals surface area (Å²) in [5.41, 5.74) is 4.04. The lowest BCUT2D eigenvalue weighted by Crippen LogP contribution is -1.98. The second-order valence-electron chi connectivity index (χ2n) is 6.47. The van der Waals surface area contributed by atoms with E-state index in [1.165, 1.54) is 12.8 Å². The molecule has 0 aliphatic heterocycles. The third-order valence-electron chi connectivity index (χ3n) is 4.56. The standard InChI is InChI=1S/C24H26O2/c1-2-3-4-10-18-26-23-17-11-16-22(24(23)25)21-15-9-8-14-20(21)19-12-6-5-7-13-19/h5-9,11-17,25H,2-4,10,18H2,1H3. The molecular weight excluding hydrogens is 320 g/mol. The lowest BCUT2D eigenvalue weighted by atomic mass is 9.94. The smallest absolute Gasteiger partial charge is 0.165 e. The van der Waals surface area contributed by atoms with Gasteiger partial charge in [-0.15, -0.1) is 0 Å². The topological polar surface area (TPSA) is 29.5 Å². The van der Waals surface area contributed by atoms with E-state index in [9.17, 15) is 5.11 Å². The maximum atomic E-state index is 10.8. The highest BCUT2D eigenvalue weighted by Crippen LogP contribution is 2.41. The molecule has 0 aliphatic carbocycles. The first-order valence-electron chi connectivity index (χ1n) is 9.41. The first-order chi connectivity index (χ1) is 12.8. The zero-order valence-corrected chi connectivity index (χ0v) is 15.3. The van der Waals surface area contributed by atoms with E-state index in [0.29, 0.717) is 12.4 Å². The van der Waals surface area contributed by atoms with E-state index in [4.69, 9.17) is 4.74 Å². The molecule has 3 aromatic carbocycles. The fraction of sp³-hybridized carbons (Fsp3) is 0.250. The van der Waals surface area contributed by atoms with Crippen LogP contribution in [0, 0.1) is 0 Å². The van der Waals surface area contributed by atoms with Gasteiger partial charge in [-0.1, -0.05) is 92.9 Å². The van der Waals surface area contributed by atoms with Crippen molar-refractivity contribution in [3.8, 4) is 33.8 Å². The largest absolute Gasteiger partial charge is 0.504 e. The number of para-hydroxylation sites is 1. The van der Waals surface area contributed by atoms with Crippen molar-refractivity contribution in [2.75, 3.05) is 6.61 Å². The van der Waals surface area contributed by atoms with Crippen molar-refractivity contribution in [3.63, 3.8) is 0 Å². The van der Waals surface area contributed by atoms with Gasteiger partial charge in [-0.3, -0.25) is 0 Å². The normalized spacial score (nSPS) is 10.7. The molecule has 0 aromatic heterocycles. The molecule has 0 bridgehead atoms. The summed E-state index contributed by atoms with van der Waals surface area (Å²) in [4.78, 5) is 0. The highest BCUT2D eigenvalue weighted by Gasteiger charge is 2.14. The van der Waals surface area contributed by atoms with Gasteiger partial charge in [-0.25, -0.2) is 0 Å². The Hall–Kier alpha value is -2.74. The number of aromatic hydroxyl groups is 1. The lowest BCUT2D eigenvalue weighted by Gasteiger charge is -2.14. The monoisotopic (exact) mass is 346 g/mol. The number of unbranched alkanes of at least 4 members (excludes halogenated alkanes) is 3. The molecule has 0 saturated carbocycles. The van der Waals surface area contributed by atoms with Crippen LogP contribution >= 0.6 is 0 Å². The van der Waals surface area contributed by atoms with Crippen molar-refractivity contribution in [1.29, 1.82) is 0 Å². The molecule has 3 rings (SSSR count). The van der Waals surface area contributed by atoms with Crippen molar-refractivity contribution in [1.82, 2.24) is 0 Å². The van der Waals surface area contributed by atoms with Crippen LogP contribution < -0.4 is 4.74 Å². The van der Waals surface area contributed by atoms with E-state index in [-0.39, 0.29) is 5.75 Å². The second-order valence-corrected chi connectivity index (χ2v) is 6.47. The Morgan fingerprint density at radius 2 is 1.38 bits per heavy atom. The average molecular weight is 346 g/mol. The molecule has 0 unspecified atom stereocenters. The Labute approximate surface area is 156 Å². The predicted molar refractivity (Wildman–Crippen MR) is 109 cm³/mol. The molecule has 0 saturated heterocycles. The van der Waals surface area contributed by atoms with Gasteiger partial charge in [0.1, 0.15) is 0 Å². The third-order valence-corrected chi connectivity index (χ3v) is 4.56. The Balaban J connectivity index is 1.88. The first kappa shape index (κ1) is 18.1. The van der Waals surface area contributed by atoms with Crippen LogP contribution in [0.25, 0.3) is 22.3 Å². The van der Waals surface area contributed by atoms with E-state index in [2.05, 4.69) is 25.1 Å². The van der Waals surface area contributed by atoms with Crippen molar-refractivity contribution in [3.05, 3.63) is 72.8 Å². The van der Waals surface area contributed by atoms with Gasteiger partial charge in [-0.05, 0) is 29.2 Å². The van der Waals surface area contributed by atoms with Crippen molar-refractivity contribution < 1.29 is 9.84 Å². The highest BCUT2D eigenvalue weighted by atomic mass is 16.5. The Morgan fingerprint density at radius 1 is 0.692 bits per heavy atom. The molecule has 0 heterocycles. The zero-order valence-electron chi connectivity index (χ0n) is 15.3. The van der Waals surface area contributed by atoms with E-state index < -0.39 is 0 Å². The van der Waals surface area contributed by atoms with Gasteiger partial charge in [-0.2, -0.15) is 0 Å². The van der Waals surface area contributed by atoms with Gasteiger partial charge in [0.15, 0.2) is 11.5 Å². The molecule has 0 atom stereocenters. The maximum absolute atomic E-state index is 10.8. The number of hydrogen-bond acceptors (Lipinski definition) is 2. The van der Waals surface area contributed by atoms with Crippen LogP contribution in [-0.4, -0.2) is 11.7 Å². The van der Waals surface area contributed by atoms with Crippen LogP contribution in [0.3, 0.4) is 0 Å². The molecule has 26 heavy (non-hydrogen) atoms. The van der Waals surface area contributed by atoms with Crippen molar-refractivity contribution in [2.24, 2.45) is 0 Å². The Kier molecular flexibility index (Phi) is 6.32. The molecular formula is C24H26O2. The molecule has 0 amide bonds. The highest BCUT2D eigenvalue weighted by molar-refractivity contribution is 5.86. The molecule has 134 valence electrons. The molecule has 0 fully saturated rings. The van der Waals surface area contributed by atoms with Crippen LogP contribution in [0.1, 0.15) is 32.6 Å². The quantitative estimate of drug-likeness (QED) is 0.461. The van der Waals surface area contributed by atoms with Crippen LogP contribution in [0.15, 0.2) is 72.8 Å². The number of rotatable bonds is 8. The molecule has 0 aliphatic rings. The Morgan fingerprint density at radius 3 is 2.15 bits per heavy atom. The fourth-order valence-electron chi connectivity index (χ4n) is 3.15. The summed E-state index contributed by atoms with van der Waals surface area (Å²) >= 11 is 0. The molecule has 2 nitrogen and oxygen atoms in total. The number of hydrogen-bond donors (Lipinski definition) is 1. The van der Waals surface area contributed by atoms with E-state index >= 15 is 0 Å². The molecule has 0 spiro atoms. The minimum absolute atomic E-state index is 0.214. The summed E-state index contributed by atoms with van der Waals surface area (Å²) in [6.07, 6.45) is 4.60. The van der Waals surface area contributed by atoms with Gasteiger partial charge in [0, 0.05) is 5.56 Å². The number of phenolic OH excluding ortho intramolecular Hbond substituents is 1. The summed E-state index contributed by atoms with van der Waals surface area (Å²) in [7, 11) is 0. The van der Waals surface area contributed by atoms with E-state index in [1.807, 2.05) is 54.6 Å². The molecule has 1 N–H and O–H groups in total. The minimum Gasteiger partial charge on any atom is -0.504 e. The van der Waals surface area contributed by atoms with Crippen LogP contribution in [-0.2, 0) is 0 Å². The minimum atomic E-state index is 0.214. The van der Waals surface area contributed by atoms with E-state index in [1.54, 1.807) is 0 Å². The van der Waals surface area contributed by atoms with Crippen molar-refractivity contribution in [2.45, 2.75) is 32.6 Å². The zero-order chi connectivity index (χ0) is 18.2. The molecule has 0 radical (unpaired) electrons. The lowest BCUT2D eigenvalue weighted by molar-refractivity contribution is 0.290. The summed E-state index contributed by atoms with van der Waals surface area (Å²) in [5, 5.41) is 10.8. The fourth-order valence-corrected chi connectivity index (χ4v) is 3.15. The SMILES string of the molecule is CCCCCCOc1cccc(-c2ccccc2-c2ccccc2)c1O. The predicted octanol–water partition coefficient (Wildman–Crippen LogP) is 6.69. The van der Waals surface area contributed by atoms with Gasteiger partial charge in [0.25, 0.3) is 0 Å². The summed E-state index contributed by atoms with van der Waals surface area (Å²) < 4.78 is 5.84. The summed E-state index contributed by atoms with van der Waals surface area (Å²) in [6, 6.07) is 24.1. The average Bonchev–Trinajstić information content (AvgIpc) is 2.70. The molecule has 3 aromatic rings. The van der Waals surface area contributed by atoms with Gasteiger partial charge in [0.2, 0.25) is 0 Å². The van der Waals surface area contributed by atoms with Crippen LogP contribution in [0.5, 0.6) is 11.5 Å². The van der Waals surface area contributed by atoms with Crippen LogP contribution in [0.2, 0.25) is 0 Å². The number of phenols is 1. The Bertz CT molecular complexity index is 825. The van der Waals surface area contributed by atoms with E-state index in [0.717, 1.165) is 35.1 Å². The van der Waals surface area contributed by atoms with Gasteiger partial charge < -0.3 is 9.84 Å². The van der Waals surface area contributed by atoms with Crippen LogP contribution in [0.4, 0.5) is 0 Å². The first-order valence-corrected chi connectivity index (χ1v) is 9.41. The van der Waals surface area contributed by atoms with Crippen molar-refractivity contribution >= 4 is 0 Å². The number of ether oxygens (including phenoxy) is 1. The summed E-state index contributed by atoms with van der Waals surface area (Å²) in [6.45, 7) is 2.83. The summed E-state index contributed by atoms with van der Waals surface area (Å²) in [5.74, 6) is 0.772. The second kappa shape index (κ2) is 9.10. The third kappa shape index (κ3) is 4.26. The molecule has 2 heteroatoms.